The molecule has 0 bridgehead atoms. The van der Waals surface area contributed by atoms with Gasteiger partial charge in [-0.3, -0.25) is 4.79 Å². The van der Waals surface area contributed by atoms with Gasteiger partial charge >= 0.3 is 0 Å². The van der Waals surface area contributed by atoms with Crippen molar-refractivity contribution in [3.63, 3.8) is 0 Å². The van der Waals surface area contributed by atoms with Gasteiger partial charge < -0.3 is 9.16 Å². The maximum atomic E-state index is 10.6. The van der Waals surface area contributed by atoms with Crippen LogP contribution in [-0.2, 0) is 14.0 Å². The number of rotatable bonds is 3. The third kappa shape index (κ3) is 7.54. The standard InChI is InChI=1S/C7H16O3Si/c1-7(2,3)9-5-4-6(8)10-11/h4-5H2,1-3,11H3. The lowest BCUT2D eigenvalue weighted by Crippen LogP contribution is -2.21. The zero-order valence-corrected chi connectivity index (χ0v) is 9.64. The highest BCUT2D eigenvalue weighted by Crippen LogP contribution is 2.06. The Kier molecular flexibility index (Phi) is 4.36. The van der Waals surface area contributed by atoms with E-state index in [9.17, 15) is 4.79 Å². The lowest BCUT2D eigenvalue weighted by molar-refractivity contribution is -0.136. The van der Waals surface area contributed by atoms with Crippen molar-refractivity contribution in [1.82, 2.24) is 0 Å². The van der Waals surface area contributed by atoms with Crippen molar-refractivity contribution in [2.45, 2.75) is 32.8 Å². The highest BCUT2D eigenvalue weighted by atomic mass is 28.2. The molecule has 11 heavy (non-hydrogen) atoms. The first-order valence-electron chi connectivity index (χ1n) is 3.66. The van der Waals surface area contributed by atoms with E-state index >= 15 is 0 Å². The fraction of sp³-hybridized carbons (Fsp3) is 0.857. The van der Waals surface area contributed by atoms with E-state index in [4.69, 9.17) is 4.74 Å². The third-order valence-corrected chi connectivity index (χ3v) is 1.52. The first-order chi connectivity index (χ1) is 4.95. The van der Waals surface area contributed by atoms with Crippen molar-refractivity contribution in [3.05, 3.63) is 0 Å². The van der Waals surface area contributed by atoms with Crippen LogP contribution in [0.3, 0.4) is 0 Å². The Balaban J connectivity index is 3.35. The molecule has 66 valence electrons. The molecule has 0 aromatic carbocycles. The van der Waals surface area contributed by atoms with Crippen LogP contribution in [0.5, 0.6) is 0 Å². The highest BCUT2D eigenvalue weighted by molar-refractivity contribution is 6.05. The summed E-state index contributed by atoms with van der Waals surface area (Å²) >= 11 is 0. The molecule has 0 aromatic heterocycles. The van der Waals surface area contributed by atoms with Gasteiger partial charge in [-0.25, -0.2) is 0 Å². The molecule has 0 aliphatic rings. The van der Waals surface area contributed by atoms with Crippen LogP contribution >= 0.6 is 0 Å². The Morgan fingerprint density at radius 1 is 1.45 bits per heavy atom. The maximum Gasteiger partial charge on any atom is 0.294 e. The Bertz CT molecular complexity index is 128. The van der Waals surface area contributed by atoms with Gasteiger partial charge in [0.25, 0.3) is 5.97 Å². The number of hydrogen-bond donors (Lipinski definition) is 0. The zero-order valence-electron chi connectivity index (χ0n) is 7.64. The fourth-order valence-corrected chi connectivity index (χ4v) is 0.747. The molecule has 0 N–H and O–H groups in total. The molecule has 3 nitrogen and oxygen atoms in total. The molecule has 0 atom stereocenters. The number of hydrogen-bond acceptors (Lipinski definition) is 3. The van der Waals surface area contributed by atoms with Crippen molar-refractivity contribution in [1.29, 1.82) is 0 Å². The van der Waals surface area contributed by atoms with E-state index < -0.39 is 0 Å². The van der Waals surface area contributed by atoms with E-state index in [0.29, 0.717) is 23.5 Å². The molecule has 0 spiro atoms. The van der Waals surface area contributed by atoms with Gasteiger partial charge in [-0.1, -0.05) is 0 Å². The monoisotopic (exact) mass is 176 g/mol. The third-order valence-electron chi connectivity index (χ3n) is 1.07. The van der Waals surface area contributed by atoms with E-state index in [-0.39, 0.29) is 11.6 Å². The van der Waals surface area contributed by atoms with E-state index in [2.05, 4.69) is 4.43 Å². The molecule has 0 heterocycles. The number of carbonyl (C=O) groups excluding carboxylic acids is 1. The van der Waals surface area contributed by atoms with Crippen LogP contribution < -0.4 is 0 Å². The van der Waals surface area contributed by atoms with E-state index in [0.717, 1.165) is 0 Å². The first kappa shape index (κ1) is 10.6. The number of ether oxygens (including phenoxy) is 1. The molecule has 4 heteroatoms. The average molecular weight is 176 g/mol. The van der Waals surface area contributed by atoms with Gasteiger partial charge in [0.05, 0.1) is 18.6 Å². The smallest absolute Gasteiger partial charge is 0.294 e. The van der Waals surface area contributed by atoms with Crippen LogP contribution in [-0.4, -0.2) is 28.7 Å². The van der Waals surface area contributed by atoms with E-state index in [1.54, 1.807) is 0 Å². The highest BCUT2D eigenvalue weighted by Gasteiger charge is 2.10. The van der Waals surface area contributed by atoms with Crippen LogP contribution in [0.25, 0.3) is 0 Å². The summed E-state index contributed by atoms with van der Waals surface area (Å²) in [7, 11) is 0.474. The van der Waals surface area contributed by atoms with Crippen LogP contribution in [0.1, 0.15) is 27.2 Å². The molecule has 0 fully saturated rings. The number of carbonyl (C=O) groups is 1. The Morgan fingerprint density at radius 3 is 2.36 bits per heavy atom. The quantitative estimate of drug-likeness (QED) is 0.569. The van der Waals surface area contributed by atoms with Gasteiger partial charge in [-0.05, 0) is 20.8 Å². The summed E-state index contributed by atoms with van der Waals surface area (Å²) in [6.07, 6.45) is 0.362. The summed E-state index contributed by atoms with van der Waals surface area (Å²) in [5, 5.41) is 0. The first-order valence-corrected chi connectivity index (χ1v) is 4.48. The second-order valence-electron chi connectivity index (χ2n) is 3.29. The molecule has 0 radical (unpaired) electrons. The fourth-order valence-electron chi connectivity index (χ4n) is 0.543. The molecular weight excluding hydrogens is 160 g/mol. The lowest BCUT2D eigenvalue weighted by Gasteiger charge is -2.18. The van der Waals surface area contributed by atoms with Crippen LogP contribution in [0, 0.1) is 0 Å². The van der Waals surface area contributed by atoms with Gasteiger partial charge in [0.1, 0.15) is 0 Å². The van der Waals surface area contributed by atoms with Crippen molar-refractivity contribution in [2.24, 2.45) is 0 Å². The zero-order chi connectivity index (χ0) is 8.91. The Hall–Kier alpha value is -0.353. The second-order valence-corrected chi connectivity index (χ2v) is 3.70. The van der Waals surface area contributed by atoms with Crippen LogP contribution in [0.4, 0.5) is 0 Å². The normalized spacial score (nSPS) is 11.5. The van der Waals surface area contributed by atoms with Crippen molar-refractivity contribution in [3.8, 4) is 0 Å². The van der Waals surface area contributed by atoms with Gasteiger partial charge in [0.15, 0.2) is 0 Å². The molecule has 0 aliphatic heterocycles. The summed E-state index contributed by atoms with van der Waals surface area (Å²) in [6, 6.07) is 0. The summed E-state index contributed by atoms with van der Waals surface area (Å²) in [5.74, 6) is -0.166. The summed E-state index contributed by atoms with van der Waals surface area (Å²) in [5.41, 5.74) is -0.161. The van der Waals surface area contributed by atoms with Crippen molar-refractivity contribution in [2.75, 3.05) is 6.61 Å². The minimum absolute atomic E-state index is 0.161. The van der Waals surface area contributed by atoms with Crippen molar-refractivity contribution < 1.29 is 14.0 Å². The molecule has 0 saturated carbocycles. The van der Waals surface area contributed by atoms with Gasteiger partial charge in [0, 0.05) is 0 Å². The topological polar surface area (TPSA) is 35.5 Å². The Morgan fingerprint density at radius 2 is 2.00 bits per heavy atom. The minimum Gasteiger partial charge on any atom is -0.529 e. The summed E-state index contributed by atoms with van der Waals surface area (Å²) in [6.45, 7) is 6.32. The summed E-state index contributed by atoms with van der Waals surface area (Å²) in [4.78, 5) is 10.6. The Labute approximate surface area is 70.6 Å². The van der Waals surface area contributed by atoms with E-state index in [1.807, 2.05) is 20.8 Å². The molecule has 0 aromatic rings. The molecule has 0 aliphatic carbocycles. The lowest BCUT2D eigenvalue weighted by atomic mass is 10.2. The minimum atomic E-state index is -0.166. The maximum absolute atomic E-state index is 10.6. The SMILES string of the molecule is CC(C)(C)OCCC(=O)O[SiH3]. The van der Waals surface area contributed by atoms with Crippen LogP contribution in [0.15, 0.2) is 0 Å². The predicted molar refractivity (Wildman–Crippen MR) is 46.4 cm³/mol. The van der Waals surface area contributed by atoms with Gasteiger partial charge in [0.2, 0.25) is 10.5 Å². The predicted octanol–water partition coefficient (Wildman–Crippen LogP) is 0.0152. The largest absolute Gasteiger partial charge is 0.529 e. The molecule has 0 saturated heterocycles. The molecule has 0 unspecified atom stereocenters. The second kappa shape index (κ2) is 4.51. The van der Waals surface area contributed by atoms with Gasteiger partial charge in [-0.15, -0.1) is 0 Å². The van der Waals surface area contributed by atoms with Crippen LogP contribution in [0.2, 0.25) is 0 Å². The molecule has 0 rings (SSSR count). The summed E-state index contributed by atoms with van der Waals surface area (Å²) < 4.78 is 9.90. The average Bonchev–Trinajstić information content (AvgIpc) is 1.85. The van der Waals surface area contributed by atoms with Gasteiger partial charge in [-0.2, -0.15) is 0 Å². The molecule has 0 amide bonds. The van der Waals surface area contributed by atoms with Crippen molar-refractivity contribution >= 4 is 16.5 Å². The molecular formula is C7H16O3Si. The van der Waals surface area contributed by atoms with E-state index in [1.165, 1.54) is 0 Å².